The van der Waals surface area contributed by atoms with Gasteiger partial charge in [-0.15, -0.1) is 0 Å². The highest BCUT2D eigenvalue weighted by atomic mass is 35.5. The molecule has 4 aromatic rings. The van der Waals surface area contributed by atoms with Crippen LogP contribution in [-0.2, 0) is 21.4 Å². The molecular formula is C27H20Cl3FN2O4S. The second kappa shape index (κ2) is 12.1. The second-order valence-electron chi connectivity index (χ2n) is 8.03. The van der Waals surface area contributed by atoms with Crippen LogP contribution >= 0.6 is 34.8 Å². The third kappa shape index (κ3) is 6.83. The quantitative estimate of drug-likeness (QED) is 0.219. The fourth-order valence-corrected chi connectivity index (χ4v) is 5.38. The van der Waals surface area contributed by atoms with Crippen molar-refractivity contribution >= 4 is 56.4 Å². The smallest absolute Gasteiger partial charge is 0.243 e. The van der Waals surface area contributed by atoms with Crippen molar-refractivity contribution in [3.05, 3.63) is 117 Å². The second-order valence-corrected chi connectivity index (χ2v) is 11.2. The predicted molar refractivity (Wildman–Crippen MR) is 147 cm³/mol. The molecular weight excluding hydrogens is 574 g/mol. The van der Waals surface area contributed by atoms with E-state index >= 15 is 0 Å². The lowest BCUT2D eigenvalue weighted by molar-refractivity contribution is -0.116. The summed E-state index contributed by atoms with van der Waals surface area (Å²) in [5, 5.41) is 3.33. The predicted octanol–water partition coefficient (Wildman–Crippen LogP) is 7.41. The maximum absolute atomic E-state index is 14.6. The molecule has 0 aliphatic rings. The van der Waals surface area contributed by atoms with E-state index in [0.29, 0.717) is 21.5 Å². The number of hydrogen-bond donors (Lipinski definition) is 1. The number of carbonyl (C=O) groups is 1. The van der Waals surface area contributed by atoms with Gasteiger partial charge in [0.25, 0.3) is 0 Å². The van der Waals surface area contributed by atoms with Crippen molar-refractivity contribution in [1.29, 1.82) is 0 Å². The molecule has 0 bridgehead atoms. The number of ether oxygens (including phenoxy) is 1. The number of carbonyl (C=O) groups excluding carboxylic acids is 1. The molecule has 6 nitrogen and oxygen atoms in total. The van der Waals surface area contributed by atoms with Crippen LogP contribution < -0.4 is 10.1 Å². The number of nitrogens with one attached hydrogen (secondary N) is 1. The summed E-state index contributed by atoms with van der Waals surface area (Å²) in [4.78, 5) is 13.0. The highest BCUT2D eigenvalue weighted by Gasteiger charge is 2.29. The molecule has 0 spiro atoms. The Balaban J connectivity index is 1.64. The molecule has 0 aliphatic carbocycles. The minimum absolute atomic E-state index is 0.0232. The number of halogens is 4. The normalized spacial score (nSPS) is 11.4. The van der Waals surface area contributed by atoms with E-state index in [9.17, 15) is 17.6 Å². The molecule has 1 N–H and O–H groups in total. The van der Waals surface area contributed by atoms with Gasteiger partial charge in [-0.25, -0.2) is 12.8 Å². The highest BCUT2D eigenvalue weighted by Crippen LogP contribution is 2.32. The molecule has 4 rings (SSSR count). The van der Waals surface area contributed by atoms with E-state index in [1.807, 2.05) is 6.07 Å². The SMILES string of the molecule is O=C(CN(Cc1c(F)cccc1Cl)S(=O)(=O)c1ccc(Cl)cc1)Nc1cc(Cl)ccc1Oc1ccccc1. The van der Waals surface area contributed by atoms with E-state index in [1.54, 1.807) is 36.4 Å². The van der Waals surface area contributed by atoms with Gasteiger partial charge in [-0.2, -0.15) is 4.31 Å². The van der Waals surface area contributed by atoms with Crippen LogP contribution in [0.1, 0.15) is 5.56 Å². The van der Waals surface area contributed by atoms with Gasteiger partial charge in [0.2, 0.25) is 15.9 Å². The van der Waals surface area contributed by atoms with Crippen LogP contribution in [0.25, 0.3) is 0 Å². The highest BCUT2D eigenvalue weighted by molar-refractivity contribution is 7.89. The van der Waals surface area contributed by atoms with Crippen LogP contribution in [0.3, 0.4) is 0 Å². The molecule has 0 heterocycles. The standard InChI is InChI=1S/C27H20Cl3FN2O4S/c28-18-9-12-21(13-10-18)38(35,36)33(16-22-23(30)7-4-8-24(22)31)17-27(34)32-25-15-19(29)11-14-26(25)37-20-5-2-1-3-6-20/h1-15H,16-17H2,(H,32,34). The lowest BCUT2D eigenvalue weighted by Crippen LogP contribution is -2.38. The number of rotatable bonds is 9. The van der Waals surface area contributed by atoms with Gasteiger partial charge in [-0.1, -0.05) is 59.1 Å². The molecule has 38 heavy (non-hydrogen) atoms. The van der Waals surface area contributed by atoms with Gasteiger partial charge < -0.3 is 10.1 Å². The molecule has 1 amide bonds. The van der Waals surface area contributed by atoms with Crippen LogP contribution in [0.4, 0.5) is 10.1 Å². The van der Waals surface area contributed by atoms with Crippen molar-refractivity contribution in [2.24, 2.45) is 0 Å². The minimum Gasteiger partial charge on any atom is -0.455 e. The molecule has 0 fully saturated rings. The molecule has 4 aromatic carbocycles. The Hall–Kier alpha value is -3.14. The Kier molecular flexibility index (Phi) is 8.91. The van der Waals surface area contributed by atoms with Crippen LogP contribution in [0.5, 0.6) is 11.5 Å². The van der Waals surface area contributed by atoms with E-state index < -0.39 is 34.8 Å². The molecule has 0 unspecified atom stereocenters. The van der Waals surface area contributed by atoms with Gasteiger partial charge in [0.15, 0.2) is 5.75 Å². The first-order chi connectivity index (χ1) is 18.1. The Labute approximate surface area is 234 Å². The summed E-state index contributed by atoms with van der Waals surface area (Å²) in [6.45, 7) is -1.15. The zero-order chi connectivity index (χ0) is 27.3. The number of hydrogen-bond acceptors (Lipinski definition) is 4. The van der Waals surface area contributed by atoms with Crippen molar-refractivity contribution in [3.63, 3.8) is 0 Å². The van der Waals surface area contributed by atoms with Crippen molar-refractivity contribution in [3.8, 4) is 11.5 Å². The first-order valence-corrected chi connectivity index (χ1v) is 13.7. The van der Waals surface area contributed by atoms with Crippen molar-refractivity contribution in [1.82, 2.24) is 4.31 Å². The maximum Gasteiger partial charge on any atom is 0.243 e. The van der Waals surface area contributed by atoms with E-state index in [2.05, 4.69) is 5.32 Å². The van der Waals surface area contributed by atoms with Gasteiger partial charge in [0.1, 0.15) is 11.6 Å². The molecule has 0 aliphatic heterocycles. The summed E-state index contributed by atoms with van der Waals surface area (Å²) in [5.74, 6) is -0.609. The van der Waals surface area contributed by atoms with Crippen molar-refractivity contribution in [2.75, 3.05) is 11.9 Å². The fourth-order valence-electron chi connectivity index (χ4n) is 3.50. The Morgan fingerprint density at radius 3 is 2.24 bits per heavy atom. The summed E-state index contributed by atoms with van der Waals surface area (Å²) in [5.41, 5.74) is 0.148. The van der Waals surface area contributed by atoms with Gasteiger partial charge in [-0.3, -0.25) is 4.79 Å². The summed E-state index contributed by atoms with van der Waals surface area (Å²) in [7, 11) is -4.27. The largest absolute Gasteiger partial charge is 0.455 e. The average molecular weight is 594 g/mol. The van der Waals surface area contributed by atoms with Crippen LogP contribution in [0.15, 0.2) is 95.9 Å². The molecule has 11 heteroatoms. The zero-order valence-corrected chi connectivity index (χ0v) is 22.7. The number of para-hydroxylation sites is 1. The van der Waals surface area contributed by atoms with E-state index in [1.165, 1.54) is 42.5 Å². The van der Waals surface area contributed by atoms with E-state index in [-0.39, 0.29) is 21.2 Å². The number of sulfonamides is 1. The maximum atomic E-state index is 14.6. The average Bonchev–Trinajstić information content (AvgIpc) is 2.88. The molecule has 0 saturated heterocycles. The summed E-state index contributed by atoms with van der Waals surface area (Å²) < 4.78 is 48.3. The molecule has 0 saturated carbocycles. The summed E-state index contributed by atoms with van der Waals surface area (Å²) in [6, 6.07) is 22.9. The summed E-state index contributed by atoms with van der Waals surface area (Å²) >= 11 is 18.2. The molecule has 196 valence electrons. The van der Waals surface area contributed by atoms with Gasteiger partial charge in [0.05, 0.1) is 17.1 Å². The topological polar surface area (TPSA) is 75.7 Å². The molecule has 0 radical (unpaired) electrons. The van der Waals surface area contributed by atoms with Crippen LogP contribution in [-0.4, -0.2) is 25.2 Å². The number of nitrogens with zero attached hydrogens (tertiary/aromatic N) is 1. The number of amides is 1. The first-order valence-electron chi connectivity index (χ1n) is 11.1. The monoisotopic (exact) mass is 592 g/mol. The first kappa shape index (κ1) is 27.9. The molecule has 0 aromatic heterocycles. The number of anilines is 1. The third-order valence-corrected chi connectivity index (χ3v) is 8.00. The van der Waals surface area contributed by atoms with Gasteiger partial charge in [0, 0.05) is 27.2 Å². The summed E-state index contributed by atoms with van der Waals surface area (Å²) in [6.07, 6.45) is 0. The third-order valence-electron chi connectivity index (χ3n) is 5.35. The fraction of sp³-hybridized carbons (Fsp3) is 0.0741. The zero-order valence-electron chi connectivity index (χ0n) is 19.6. The lowest BCUT2D eigenvalue weighted by Gasteiger charge is -2.23. The Bertz CT molecular complexity index is 1530. The van der Waals surface area contributed by atoms with Crippen LogP contribution in [0, 0.1) is 5.82 Å². The molecule has 0 atom stereocenters. The van der Waals surface area contributed by atoms with E-state index in [0.717, 1.165) is 10.4 Å². The number of benzene rings is 4. The lowest BCUT2D eigenvalue weighted by atomic mass is 10.2. The van der Waals surface area contributed by atoms with Gasteiger partial charge >= 0.3 is 0 Å². The Morgan fingerprint density at radius 1 is 0.868 bits per heavy atom. The van der Waals surface area contributed by atoms with Crippen molar-refractivity contribution < 1.29 is 22.3 Å². The van der Waals surface area contributed by atoms with Gasteiger partial charge in [-0.05, 0) is 66.7 Å². The van der Waals surface area contributed by atoms with E-state index in [4.69, 9.17) is 39.5 Å². The minimum atomic E-state index is -4.27. The Morgan fingerprint density at radius 2 is 1.55 bits per heavy atom. The van der Waals surface area contributed by atoms with Crippen LogP contribution in [0.2, 0.25) is 15.1 Å². The van der Waals surface area contributed by atoms with Crippen molar-refractivity contribution in [2.45, 2.75) is 11.4 Å².